The zero-order chi connectivity index (χ0) is 25.9. The standard InChI is InChI=1S/C28H26ClN5O3/c1-17-8-4-7-11-22(17)33-27(35)25-18(2)32-28-30-16-31-34(28)26(25)19-12-13-23(24(14-19)36-3)37-15-20-9-5-6-10-21(20)29/h4-14,16,26H,15H2,1-3H3,(H,33,35)(H,30,31,32). The lowest BCUT2D eigenvalue weighted by Crippen LogP contribution is -2.31. The lowest BCUT2D eigenvalue weighted by Gasteiger charge is -2.29. The third-order valence-electron chi connectivity index (χ3n) is 6.28. The zero-order valence-electron chi connectivity index (χ0n) is 20.7. The predicted octanol–water partition coefficient (Wildman–Crippen LogP) is 5.76. The molecule has 1 aliphatic rings. The number of fused-ring (bicyclic) bond motifs is 1. The molecule has 188 valence electrons. The van der Waals surface area contributed by atoms with Gasteiger partial charge in [-0.1, -0.05) is 54.1 Å². The maximum absolute atomic E-state index is 13.6. The molecule has 37 heavy (non-hydrogen) atoms. The first kappa shape index (κ1) is 24.4. The predicted molar refractivity (Wildman–Crippen MR) is 143 cm³/mol. The van der Waals surface area contributed by atoms with E-state index in [1.54, 1.807) is 11.8 Å². The van der Waals surface area contributed by atoms with Crippen molar-refractivity contribution in [1.82, 2.24) is 14.8 Å². The highest BCUT2D eigenvalue weighted by molar-refractivity contribution is 6.31. The third-order valence-corrected chi connectivity index (χ3v) is 6.65. The number of para-hydroxylation sites is 1. The number of halogens is 1. The lowest BCUT2D eigenvalue weighted by molar-refractivity contribution is -0.113. The van der Waals surface area contributed by atoms with Crippen LogP contribution in [0.4, 0.5) is 11.6 Å². The van der Waals surface area contributed by atoms with E-state index in [0.29, 0.717) is 40.3 Å². The summed E-state index contributed by atoms with van der Waals surface area (Å²) in [5.74, 6) is 1.41. The fourth-order valence-corrected chi connectivity index (χ4v) is 4.53. The van der Waals surface area contributed by atoms with Crippen LogP contribution in [0.25, 0.3) is 0 Å². The molecule has 0 aliphatic carbocycles. The molecule has 0 spiro atoms. The van der Waals surface area contributed by atoms with Crippen molar-refractivity contribution in [3.63, 3.8) is 0 Å². The van der Waals surface area contributed by atoms with E-state index >= 15 is 0 Å². The van der Waals surface area contributed by atoms with Crippen molar-refractivity contribution < 1.29 is 14.3 Å². The number of hydrogen-bond acceptors (Lipinski definition) is 6. The van der Waals surface area contributed by atoms with Gasteiger partial charge in [-0.25, -0.2) is 4.68 Å². The van der Waals surface area contributed by atoms with E-state index < -0.39 is 6.04 Å². The van der Waals surface area contributed by atoms with Crippen LogP contribution in [0, 0.1) is 6.92 Å². The van der Waals surface area contributed by atoms with Gasteiger partial charge < -0.3 is 20.1 Å². The summed E-state index contributed by atoms with van der Waals surface area (Å²) in [6.45, 7) is 4.10. The smallest absolute Gasteiger partial charge is 0.255 e. The average Bonchev–Trinajstić information content (AvgIpc) is 3.36. The van der Waals surface area contributed by atoms with Crippen LogP contribution in [0.1, 0.15) is 29.7 Å². The molecule has 9 heteroatoms. The summed E-state index contributed by atoms with van der Waals surface area (Å²) < 4.78 is 13.4. The number of rotatable bonds is 7. The number of nitrogens with one attached hydrogen (secondary N) is 2. The molecule has 8 nitrogen and oxygen atoms in total. The monoisotopic (exact) mass is 515 g/mol. The fourth-order valence-electron chi connectivity index (χ4n) is 4.34. The number of ether oxygens (including phenoxy) is 2. The highest BCUT2D eigenvalue weighted by Gasteiger charge is 2.34. The third kappa shape index (κ3) is 4.88. The molecule has 1 amide bonds. The van der Waals surface area contributed by atoms with Gasteiger partial charge in [-0.3, -0.25) is 4.79 Å². The Morgan fingerprint density at radius 1 is 1.08 bits per heavy atom. The van der Waals surface area contributed by atoms with E-state index in [2.05, 4.69) is 20.7 Å². The first-order chi connectivity index (χ1) is 18.0. The van der Waals surface area contributed by atoms with Gasteiger partial charge in [-0.05, 0) is 49.2 Å². The zero-order valence-corrected chi connectivity index (χ0v) is 21.4. The first-order valence-corrected chi connectivity index (χ1v) is 12.1. The van der Waals surface area contributed by atoms with Crippen molar-refractivity contribution in [2.45, 2.75) is 26.5 Å². The van der Waals surface area contributed by atoms with E-state index in [9.17, 15) is 4.79 Å². The Hall–Kier alpha value is -4.30. The van der Waals surface area contributed by atoms with Crippen LogP contribution < -0.4 is 20.1 Å². The molecule has 0 saturated heterocycles. The topological polar surface area (TPSA) is 90.3 Å². The highest BCUT2D eigenvalue weighted by Crippen LogP contribution is 2.39. The normalized spacial score (nSPS) is 14.5. The van der Waals surface area contributed by atoms with Crippen LogP contribution >= 0.6 is 11.6 Å². The number of carbonyl (C=O) groups excluding carboxylic acids is 1. The molecule has 3 aromatic carbocycles. The maximum Gasteiger partial charge on any atom is 0.255 e. The number of anilines is 2. The van der Waals surface area contributed by atoms with E-state index in [4.69, 9.17) is 21.1 Å². The van der Waals surface area contributed by atoms with Crippen LogP contribution in [-0.2, 0) is 11.4 Å². The fraction of sp³-hybridized carbons (Fsp3) is 0.179. The number of nitrogens with zero attached hydrogens (tertiary/aromatic N) is 3. The van der Waals surface area contributed by atoms with Gasteiger partial charge >= 0.3 is 0 Å². The minimum absolute atomic E-state index is 0.233. The molecule has 0 radical (unpaired) electrons. The van der Waals surface area contributed by atoms with Crippen molar-refractivity contribution in [3.8, 4) is 11.5 Å². The summed E-state index contributed by atoms with van der Waals surface area (Å²) in [7, 11) is 1.58. The molecule has 2 N–H and O–H groups in total. The Labute approximate surface area is 219 Å². The van der Waals surface area contributed by atoms with Gasteiger partial charge in [0.05, 0.1) is 12.7 Å². The van der Waals surface area contributed by atoms with E-state index in [0.717, 1.165) is 22.4 Å². The molecule has 0 bridgehead atoms. The summed E-state index contributed by atoms with van der Waals surface area (Å²) in [5, 5.41) is 11.3. The second kappa shape index (κ2) is 10.4. The average molecular weight is 516 g/mol. The number of aryl methyl sites for hydroxylation is 1. The summed E-state index contributed by atoms with van der Waals surface area (Å²) in [6.07, 6.45) is 1.46. The van der Waals surface area contributed by atoms with Crippen molar-refractivity contribution in [2.75, 3.05) is 17.7 Å². The summed E-state index contributed by atoms with van der Waals surface area (Å²) >= 11 is 6.28. The van der Waals surface area contributed by atoms with Gasteiger partial charge in [0.15, 0.2) is 11.5 Å². The van der Waals surface area contributed by atoms with Crippen molar-refractivity contribution in [3.05, 3.63) is 106 Å². The van der Waals surface area contributed by atoms with Crippen LogP contribution in [0.2, 0.25) is 5.02 Å². The minimum Gasteiger partial charge on any atom is -0.493 e. The molecule has 4 aromatic rings. The SMILES string of the molecule is COc1cc(C2C(C(=O)Nc3ccccc3C)=C(C)Nc3ncnn32)ccc1OCc1ccccc1Cl. The minimum atomic E-state index is -0.533. The van der Waals surface area contributed by atoms with Crippen molar-refractivity contribution >= 4 is 29.1 Å². The van der Waals surface area contributed by atoms with Gasteiger partial charge in [-0.2, -0.15) is 10.1 Å². The maximum atomic E-state index is 13.6. The Morgan fingerprint density at radius 3 is 2.65 bits per heavy atom. The number of allylic oxidation sites excluding steroid dienone is 1. The number of amides is 1. The largest absolute Gasteiger partial charge is 0.493 e. The summed E-state index contributed by atoms with van der Waals surface area (Å²) in [5.41, 5.74) is 4.59. The van der Waals surface area contributed by atoms with Gasteiger partial charge in [0.1, 0.15) is 19.0 Å². The molecule has 0 fully saturated rings. The molecular weight excluding hydrogens is 490 g/mol. The molecule has 0 saturated carbocycles. The van der Waals surface area contributed by atoms with Crippen LogP contribution in [-0.4, -0.2) is 27.8 Å². The van der Waals surface area contributed by atoms with E-state index in [1.165, 1.54) is 6.33 Å². The number of aromatic nitrogens is 3. The van der Waals surface area contributed by atoms with Crippen LogP contribution in [0.5, 0.6) is 11.5 Å². The van der Waals surface area contributed by atoms with Crippen molar-refractivity contribution in [1.29, 1.82) is 0 Å². The number of benzene rings is 3. The van der Waals surface area contributed by atoms with Gasteiger partial charge in [-0.15, -0.1) is 0 Å². The van der Waals surface area contributed by atoms with Gasteiger partial charge in [0, 0.05) is 22.0 Å². The van der Waals surface area contributed by atoms with Gasteiger partial charge in [0.25, 0.3) is 5.91 Å². The number of carbonyl (C=O) groups is 1. The molecular formula is C28H26ClN5O3. The van der Waals surface area contributed by atoms with Crippen LogP contribution in [0.15, 0.2) is 84.3 Å². The second-order valence-electron chi connectivity index (χ2n) is 8.65. The molecule has 1 unspecified atom stereocenters. The lowest BCUT2D eigenvalue weighted by atomic mass is 9.94. The number of methoxy groups -OCH3 is 1. The quantitative estimate of drug-likeness (QED) is 0.325. The van der Waals surface area contributed by atoms with E-state index in [-0.39, 0.29) is 5.91 Å². The van der Waals surface area contributed by atoms with Gasteiger partial charge in [0.2, 0.25) is 5.95 Å². The number of hydrogen-bond donors (Lipinski definition) is 2. The Balaban J connectivity index is 1.49. The second-order valence-corrected chi connectivity index (χ2v) is 9.06. The molecule has 1 aliphatic heterocycles. The highest BCUT2D eigenvalue weighted by atomic mass is 35.5. The molecule has 2 heterocycles. The molecule has 1 atom stereocenters. The van der Waals surface area contributed by atoms with E-state index in [1.807, 2.05) is 80.6 Å². The summed E-state index contributed by atoms with van der Waals surface area (Å²) in [4.78, 5) is 17.9. The molecule has 5 rings (SSSR count). The van der Waals surface area contributed by atoms with Crippen LogP contribution in [0.3, 0.4) is 0 Å². The molecule has 1 aromatic heterocycles. The summed E-state index contributed by atoms with van der Waals surface area (Å²) in [6, 6.07) is 20.2. The first-order valence-electron chi connectivity index (χ1n) is 11.7. The Bertz CT molecular complexity index is 1500. The van der Waals surface area contributed by atoms with Crippen molar-refractivity contribution in [2.24, 2.45) is 0 Å². The Morgan fingerprint density at radius 2 is 1.86 bits per heavy atom. The Kier molecular flexibility index (Phi) is 6.83.